The van der Waals surface area contributed by atoms with Gasteiger partial charge in [0.2, 0.25) is 0 Å². The lowest BCUT2D eigenvalue weighted by atomic mass is 10.0. The van der Waals surface area contributed by atoms with Crippen molar-refractivity contribution >= 4 is 29.6 Å². The molecular weight excluding hydrogens is 256 g/mol. The van der Waals surface area contributed by atoms with Gasteiger partial charge in [0.05, 0.1) is 12.2 Å². The Morgan fingerprint density at radius 2 is 2.06 bits per heavy atom. The maximum atomic E-state index is 11.6. The Morgan fingerprint density at radius 3 is 2.56 bits per heavy atom. The number of rotatable bonds is 5. The van der Waals surface area contributed by atoms with Gasteiger partial charge in [-0.05, 0) is 37.6 Å². The summed E-state index contributed by atoms with van der Waals surface area (Å²) in [4.78, 5) is 33.6. The lowest BCUT2D eigenvalue weighted by Crippen LogP contribution is -2.08. The van der Waals surface area contributed by atoms with Gasteiger partial charge in [0.25, 0.3) is 0 Å². The molecule has 0 radical (unpaired) electrons. The highest BCUT2D eigenvalue weighted by atomic mass is 35.5. The summed E-state index contributed by atoms with van der Waals surface area (Å²) in [6.07, 6.45) is 0.593. The van der Waals surface area contributed by atoms with Gasteiger partial charge < -0.3 is 4.74 Å². The maximum absolute atomic E-state index is 11.6. The van der Waals surface area contributed by atoms with Crippen LogP contribution in [0.25, 0.3) is 0 Å². The number of carbonyl (C=O) groups excluding carboxylic acids is 3. The summed E-state index contributed by atoms with van der Waals surface area (Å²) in [6.45, 7) is 3.26. The summed E-state index contributed by atoms with van der Waals surface area (Å²) in [6, 6.07) is 4.34. The Labute approximate surface area is 110 Å². The van der Waals surface area contributed by atoms with E-state index in [0.717, 1.165) is 0 Å². The van der Waals surface area contributed by atoms with Crippen molar-refractivity contribution in [2.45, 2.75) is 19.2 Å². The molecule has 0 aliphatic carbocycles. The molecule has 4 nitrogen and oxygen atoms in total. The molecule has 0 saturated carbocycles. The van der Waals surface area contributed by atoms with E-state index in [1.165, 1.54) is 25.1 Å². The van der Waals surface area contributed by atoms with Crippen LogP contribution in [-0.2, 0) is 9.53 Å². The predicted molar refractivity (Wildman–Crippen MR) is 67.1 cm³/mol. The van der Waals surface area contributed by atoms with E-state index in [1.54, 1.807) is 6.92 Å². The van der Waals surface area contributed by atoms with E-state index in [-0.39, 0.29) is 23.5 Å². The van der Waals surface area contributed by atoms with Gasteiger partial charge in [-0.15, -0.1) is 11.6 Å². The summed E-state index contributed by atoms with van der Waals surface area (Å²) in [5.41, 5.74) is 0.905. The number of benzene rings is 1. The SMILES string of the molecule is CCOC(=O)c1cc(C=O)cc(C(Cl)C(C)=O)c1. The number of ether oxygens (including phenoxy) is 1. The first-order valence-electron chi connectivity index (χ1n) is 5.41. The molecule has 1 atom stereocenters. The molecule has 0 heterocycles. The second-order valence-electron chi connectivity index (χ2n) is 3.70. The summed E-state index contributed by atoms with van der Waals surface area (Å²) in [5.74, 6) is -0.801. The molecule has 96 valence electrons. The monoisotopic (exact) mass is 268 g/mol. The van der Waals surface area contributed by atoms with Crippen molar-refractivity contribution in [3.05, 3.63) is 34.9 Å². The van der Waals surface area contributed by atoms with Crippen LogP contribution in [-0.4, -0.2) is 24.6 Å². The largest absolute Gasteiger partial charge is 0.462 e. The number of halogens is 1. The average Bonchev–Trinajstić information content (AvgIpc) is 2.37. The lowest BCUT2D eigenvalue weighted by Gasteiger charge is -2.09. The van der Waals surface area contributed by atoms with Crippen molar-refractivity contribution in [1.29, 1.82) is 0 Å². The number of hydrogen-bond donors (Lipinski definition) is 0. The third-order valence-electron chi connectivity index (χ3n) is 2.27. The second-order valence-corrected chi connectivity index (χ2v) is 4.14. The molecular formula is C13H13ClO4. The first kappa shape index (κ1) is 14.4. The number of ketones is 1. The standard InChI is InChI=1S/C13H13ClO4/c1-3-18-13(17)11-5-9(7-15)4-10(6-11)12(14)8(2)16/h4-7,12H,3H2,1-2H3. The molecule has 0 spiro atoms. The maximum Gasteiger partial charge on any atom is 0.338 e. The minimum absolute atomic E-state index is 0.211. The van der Waals surface area contributed by atoms with Crippen LogP contribution in [0.3, 0.4) is 0 Å². The third kappa shape index (κ3) is 3.40. The zero-order valence-electron chi connectivity index (χ0n) is 10.1. The highest BCUT2D eigenvalue weighted by Crippen LogP contribution is 2.24. The van der Waals surface area contributed by atoms with Crippen LogP contribution in [0.15, 0.2) is 18.2 Å². The molecule has 1 aromatic carbocycles. The van der Waals surface area contributed by atoms with Crippen LogP contribution in [0.1, 0.15) is 45.5 Å². The fourth-order valence-corrected chi connectivity index (χ4v) is 1.58. The normalized spacial score (nSPS) is 11.7. The zero-order chi connectivity index (χ0) is 13.7. The van der Waals surface area contributed by atoms with Crippen molar-refractivity contribution in [2.75, 3.05) is 6.61 Å². The van der Waals surface area contributed by atoms with Gasteiger partial charge in [0.1, 0.15) is 11.7 Å². The molecule has 1 aromatic rings. The minimum atomic E-state index is -0.877. The van der Waals surface area contributed by atoms with E-state index in [2.05, 4.69) is 0 Å². The van der Waals surface area contributed by atoms with Crippen LogP contribution in [0.5, 0.6) is 0 Å². The first-order valence-corrected chi connectivity index (χ1v) is 5.85. The number of aldehydes is 1. The number of hydrogen-bond acceptors (Lipinski definition) is 4. The first-order chi connectivity index (χ1) is 8.49. The molecule has 0 aromatic heterocycles. The second kappa shape index (κ2) is 6.31. The highest BCUT2D eigenvalue weighted by molar-refractivity contribution is 6.30. The topological polar surface area (TPSA) is 60.4 Å². The van der Waals surface area contributed by atoms with Crippen LogP contribution in [0, 0.1) is 0 Å². The van der Waals surface area contributed by atoms with Gasteiger partial charge in [-0.3, -0.25) is 9.59 Å². The molecule has 1 unspecified atom stereocenters. The van der Waals surface area contributed by atoms with Crippen molar-refractivity contribution in [3.8, 4) is 0 Å². The molecule has 0 bridgehead atoms. The highest BCUT2D eigenvalue weighted by Gasteiger charge is 2.17. The smallest absolute Gasteiger partial charge is 0.338 e. The third-order valence-corrected chi connectivity index (χ3v) is 2.83. The minimum Gasteiger partial charge on any atom is -0.462 e. The van der Waals surface area contributed by atoms with Crippen molar-refractivity contribution in [2.24, 2.45) is 0 Å². The summed E-state index contributed by atoms with van der Waals surface area (Å²) < 4.78 is 4.84. The molecule has 1 rings (SSSR count). The van der Waals surface area contributed by atoms with E-state index in [1.807, 2.05) is 0 Å². The van der Waals surface area contributed by atoms with Gasteiger partial charge in [0.15, 0.2) is 5.78 Å². The van der Waals surface area contributed by atoms with E-state index in [4.69, 9.17) is 16.3 Å². The van der Waals surface area contributed by atoms with E-state index in [0.29, 0.717) is 11.8 Å². The predicted octanol–water partition coefficient (Wildman–Crippen LogP) is 2.54. The van der Waals surface area contributed by atoms with Crippen molar-refractivity contribution < 1.29 is 19.1 Å². The fraction of sp³-hybridized carbons (Fsp3) is 0.308. The quantitative estimate of drug-likeness (QED) is 0.468. The van der Waals surface area contributed by atoms with Crippen LogP contribution in [0.4, 0.5) is 0 Å². The molecule has 0 aliphatic rings. The summed E-state index contributed by atoms with van der Waals surface area (Å²) in [5, 5.41) is -0.877. The van der Waals surface area contributed by atoms with E-state index in [9.17, 15) is 14.4 Å². The van der Waals surface area contributed by atoms with Crippen LogP contribution < -0.4 is 0 Å². The molecule has 0 amide bonds. The Morgan fingerprint density at radius 1 is 1.39 bits per heavy atom. The molecule has 0 aliphatic heterocycles. The average molecular weight is 269 g/mol. The molecule has 0 N–H and O–H groups in total. The number of carbonyl (C=O) groups is 3. The number of alkyl halides is 1. The van der Waals surface area contributed by atoms with Crippen LogP contribution >= 0.6 is 11.6 Å². The zero-order valence-corrected chi connectivity index (χ0v) is 10.9. The Kier molecular flexibility index (Phi) is 5.04. The summed E-state index contributed by atoms with van der Waals surface area (Å²) in [7, 11) is 0. The van der Waals surface area contributed by atoms with E-state index >= 15 is 0 Å². The molecule has 5 heteroatoms. The van der Waals surface area contributed by atoms with E-state index < -0.39 is 11.3 Å². The number of Topliss-reactive ketones (excluding diaryl/α,β-unsaturated/α-hetero) is 1. The van der Waals surface area contributed by atoms with Gasteiger partial charge in [-0.1, -0.05) is 0 Å². The fourth-order valence-electron chi connectivity index (χ4n) is 1.46. The Hall–Kier alpha value is -1.68. The molecule has 0 saturated heterocycles. The number of esters is 1. The molecule has 0 fully saturated rings. The molecule has 18 heavy (non-hydrogen) atoms. The van der Waals surface area contributed by atoms with Gasteiger partial charge in [-0.25, -0.2) is 4.79 Å². The Balaban J connectivity index is 3.20. The van der Waals surface area contributed by atoms with Gasteiger partial charge >= 0.3 is 5.97 Å². The lowest BCUT2D eigenvalue weighted by molar-refractivity contribution is -0.116. The van der Waals surface area contributed by atoms with Gasteiger partial charge in [-0.2, -0.15) is 0 Å². The van der Waals surface area contributed by atoms with Gasteiger partial charge in [0, 0.05) is 5.56 Å². The summed E-state index contributed by atoms with van der Waals surface area (Å²) >= 11 is 5.91. The van der Waals surface area contributed by atoms with Crippen LogP contribution in [0.2, 0.25) is 0 Å². The Bertz CT molecular complexity index is 482. The van der Waals surface area contributed by atoms with Crippen molar-refractivity contribution in [1.82, 2.24) is 0 Å². The van der Waals surface area contributed by atoms with Crippen molar-refractivity contribution in [3.63, 3.8) is 0 Å².